The number of aryl methyl sites for hydroxylation is 2. The number of carbonyl (C=O) groups is 3. The van der Waals surface area contributed by atoms with Crippen LogP contribution in [0.15, 0.2) is 42.5 Å². The molecule has 0 N–H and O–H groups in total. The molecule has 0 spiro atoms. The first-order chi connectivity index (χ1) is 15.4. The Hall–Kier alpha value is -2.73. The molecule has 0 bridgehead atoms. The fourth-order valence-electron chi connectivity index (χ4n) is 4.02. The number of para-hydroxylation sites is 1. The average molecular weight is 460 g/mol. The molecule has 1 amide bonds. The van der Waals surface area contributed by atoms with Crippen molar-refractivity contribution < 1.29 is 23.5 Å². The smallest absolute Gasteiger partial charge is 0.312 e. The normalized spacial score (nSPS) is 16.8. The van der Waals surface area contributed by atoms with Crippen LogP contribution >= 0.6 is 11.6 Å². The van der Waals surface area contributed by atoms with Crippen LogP contribution in [0.4, 0.5) is 10.1 Å². The Bertz CT molecular complexity index is 970. The van der Waals surface area contributed by atoms with Crippen molar-refractivity contribution in [1.82, 2.24) is 0 Å². The lowest BCUT2D eigenvalue weighted by Gasteiger charge is -2.23. The molecule has 1 saturated heterocycles. The molecule has 1 fully saturated rings. The third kappa shape index (κ3) is 5.18. The number of amides is 1. The van der Waals surface area contributed by atoms with E-state index in [1.807, 2.05) is 32.0 Å². The van der Waals surface area contributed by atoms with Gasteiger partial charge in [-0.15, -0.1) is 11.6 Å². The van der Waals surface area contributed by atoms with E-state index in [0.717, 1.165) is 29.7 Å². The van der Waals surface area contributed by atoms with Gasteiger partial charge in [0.05, 0.1) is 5.92 Å². The molecule has 2 atom stereocenters. The Morgan fingerprint density at radius 2 is 1.75 bits per heavy atom. The van der Waals surface area contributed by atoms with E-state index in [4.69, 9.17) is 16.3 Å². The molecule has 1 heterocycles. The van der Waals surface area contributed by atoms with Gasteiger partial charge in [-0.2, -0.15) is 0 Å². The lowest BCUT2D eigenvalue weighted by Crippen LogP contribution is -2.33. The second kappa shape index (κ2) is 10.7. The first kappa shape index (κ1) is 23.9. The van der Waals surface area contributed by atoms with Gasteiger partial charge in [-0.25, -0.2) is 4.39 Å². The van der Waals surface area contributed by atoms with Crippen molar-refractivity contribution in [2.45, 2.75) is 45.6 Å². The van der Waals surface area contributed by atoms with Gasteiger partial charge in [-0.05, 0) is 48.2 Å². The summed E-state index contributed by atoms with van der Waals surface area (Å²) >= 11 is 5.82. The minimum atomic E-state index is -1.08. The predicted molar refractivity (Wildman–Crippen MR) is 122 cm³/mol. The molecule has 0 saturated carbocycles. The molecule has 0 aromatic heterocycles. The molecule has 32 heavy (non-hydrogen) atoms. The highest BCUT2D eigenvalue weighted by atomic mass is 35.5. The zero-order valence-electron chi connectivity index (χ0n) is 18.3. The zero-order chi connectivity index (χ0) is 23.3. The van der Waals surface area contributed by atoms with Crippen molar-refractivity contribution in [3.05, 3.63) is 65.0 Å². The summed E-state index contributed by atoms with van der Waals surface area (Å²) in [5, 5.41) is 0. The van der Waals surface area contributed by atoms with Crippen molar-refractivity contribution in [2.24, 2.45) is 5.92 Å². The van der Waals surface area contributed by atoms with Gasteiger partial charge < -0.3 is 9.64 Å². The lowest BCUT2D eigenvalue weighted by molar-refractivity contribution is -0.151. The monoisotopic (exact) mass is 459 g/mol. The number of Topliss-reactive ketones (excluding diaryl/α,β-unsaturated/α-hetero) is 1. The van der Waals surface area contributed by atoms with Gasteiger partial charge in [0.2, 0.25) is 11.7 Å². The van der Waals surface area contributed by atoms with Crippen LogP contribution < -0.4 is 4.90 Å². The third-order valence-corrected chi connectivity index (χ3v) is 5.96. The molecule has 1 aliphatic heterocycles. The topological polar surface area (TPSA) is 63.7 Å². The van der Waals surface area contributed by atoms with Crippen LogP contribution in [-0.2, 0) is 27.2 Å². The van der Waals surface area contributed by atoms with Crippen LogP contribution in [-0.4, -0.2) is 36.2 Å². The maximum atomic E-state index is 13.2. The molecule has 5 nitrogen and oxygen atoms in total. The summed E-state index contributed by atoms with van der Waals surface area (Å²) in [6, 6.07) is 11.0. The number of hydrogen-bond acceptors (Lipinski definition) is 4. The predicted octanol–water partition coefficient (Wildman–Crippen LogP) is 4.73. The molecule has 0 unspecified atom stereocenters. The van der Waals surface area contributed by atoms with E-state index in [1.165, 1.54) is 24.3 Å². The maximum Gasteiger partial charge on any atom is 0.312 e. The molecule has 2 aromatic carbocycles. The number of alkyl halides is 1. The van der Waals surface area contributed by atoms with Crippen LogP contribution in [0.2, 0.25) is 0 Å². The van der Waals surface area contributed by atoms with Crippen LogP contribution in [0.1, 0.15) is 48.2 Å². The zero-order valence-corrected chi connectivity index (χ0v) is 19.0. The summed E-state index contributed by atoms with van der Waals surface area (Å²) in [4.78, 5) is 40.2. The number of ketones is 1. The fraction of sp³-hybridized carbons (Fsp3) is 0.400. The minimum absolute atomic E-state index is 0.0262. The third-order valence-electron chi connectivity index (χ3n) is 5.74. The average Bonchev–Trinajstić information content (AvgIpc) is 3.19. The van der Waals surface area contributed by atoms with E-state index < -0.39 is 29.6 Å². The highest BCUT2D eigenvalue weighted by Crippen LogP contribution is 2.33. The minimum Gasteiger partial charge on any atom is -0.454 e. The molecule has 3 rings (SSSR count). The summed E-state index contributed by atoms with van der Waals surface area (Å²) in [7, 11) is 0. The molecular formula is C25H27ClFNO4. The maximum absolute atomic E-state index is 13.2. The number of halogens is 2. The summed E-state index contributed by atoms with van der Waals surface area (Å²) in [5.74, 6) is -2.19. The number of carbonyl (C=O) groups excluding carboxylic acids is 3. The van der Waals surface area contributed by atoms with Crippen molar-refractivity contribution in [2.75, 3.05) is 17.3 Å². The second-order valence-electron chi connectivity index (χ2n) is 7.81. The number of anilines is 1. The first-order valence-electron chi connectivity index (χ1n) is 10.9. The molecule has 170 valence electrons. The number of rotatable bonds is 9. The Morgan fingerprint density at radius 1 is 1.12 bits per heavy atom. The molecule has 1 aliphatic rings. The van der Waals surface area contributed by atoms with E-state index in [-0.39, 0.29) is 36.7 Å². The molecule has 7 heteroatoms. The van der Waals surface area contributed by atoms with Gasteiger partial charge in [0.1, 0.15) is 5.82 Å². The van der Waals surface area contributed by atoms with Crippen molar-refractivity contribution in [1.29, 1.82) is 0 Å². The van der Waals surface area contributed by atoms with Gasteiger partial charge in [0.25, 0.3) is 0 Å². The summed E-state index contributed by atoms with van der Waals surface area (Å²) in [6.45, 7) is 4.27. The number of nitrogens with zero attached hydrogens (tertiary/aromatic N) is 1. The van der Waals surface area contributed by atoms with Crippen LogP contribution in [0.5, 0.6) is 0 Å². The number of esters is 1. The Balaban J connectivity index is 1.76. The van der Waals surface area contributed by atoms with Gasteiger partial charge in [0.15, 0.2) is 6.10 Å². The Labute approximate surface area is 192 Å². The summed E-state index contributed by atoms with van der Waals surface area (Å²) < 4.78 is 18.7. The lowest BCUT2D eigenvalue weighted by atomic mass is 10.0. The first-order valence-corrected chi connectivity index (χ1v) is 11.4. The van der Waals surface area contributed by atoms with Crippen molar-refractivity contribution in [3.8, 4) is 0 Å². The van der Waals surface area contributed by atoms with Crippen LogP contribution in [0.3, 0.4) is 0 Å². The SMILES string of the molecule is CCc1cccc(CC)c1N1C[C@H](C(=O)O[C@H](CCCl)C(=O)c2ccc(F)cc2)CC1=O. The number of hydrogen-bond donors (Lipinski definition) is 0. The van der Waals surface area contributed by atoms with Gasteiger partial charge in [-0.1, -0.05) is 32.0 Å². The Kier molecular flexibility index (Phi) is 8.02. The summed E-state index contributed by atoms with van der Waals surface area (Å²) in [6.07, 6.45) is 0.618. The highest BCUT2D eigenvalue weighted by Gasteiger charge is 2.39. The largest absolute Gasteiger partial charge is 0.454 e. The highest BCUT2D eigenvalue weighted by molar-refractivity contribution is 6.18. The van der Waals surface area contributed by atoms with E-state index in [1.54, 1.807) is 4.90 Å². The standard InChI is InChI=1S/C25H27ClFNO4/c1-3-16-6-5-7-17(4-2)23(16)28-15-19(14-22(28)29)25(31)32-21(12-13-26)24(30)18-8-10-20(27)11-9-18/h5-11,19,21H,3-4,12-15H2,1-2H3/t19-,21-/m1/s1. The molecule has 0 aliphatic carbocycles. The molecule has 2 aromatic rings. The number of ether oxygens (including phenoxy) is 1. The van der Waals surface area contributed by atoms with Crippen LogP contribution in [0.25, 0.3) is 0 Å². The Morgan fingerprint density at radius 3 is 2.31 bits per heavy atom. The van der Waals surface area contributed by atoms with Gasteiger partial charge >= 0.3 is 5.97 Å². The molecular weight excluding hydrogens is 433 g/mol. The van der Waals surface area contributed by atoms with Crippen molar-refractivity contribution in [3.63, 3.8) is 0 Å². The van der Waals surface area contributed by atoms with E-state index in [2.05, 4.69) is 0 Å². The van der Waals surface area contributed by atoms with Gasteiger partial charge in [-0.3, -0.25) is 14.4 Å². The van der Waals surface area contributed by atoms with E-state index in [9.17, 15) is 18.8 Å². The molecule has 0 radical (unpaired) electrons. The fourth-order valence-corrected chi connectivity index (χ4v) is 4.22. The quantitative estimate of drug-likeness (QED) is 0.309. The number of benzene rings is 2. The van der Waals surface area contributed by atoms with E-state index >= 15 is 0 Å². The van der Waals surface area contributed by atoms with Gasteiger partial charge in [0, 0.05) is 36.5 Å². The van der Waals surface area contributed by atoms with E-state index in [0.29, 0.717) is 0 Å². The van der Waals surface area contributed by atoms with Crippen molar-refractivity contribution >= 4 is 34.9 Å². The summed E-state index contributed by atoms with van der Waals surface area (Å²) in [5.41, 5.74) is 3.22. The van der Waals surface area contributed by atoms with Crippen LogP contribution in [0, 0.1) is 11.7 Å². The second-order valence-corrected chi connectivity index (χ2v) is 8.19.